The second kappa shape index (κ2) is 10.3. The van der Waals surface area contributed by atoms with E-state index < -0.39 is 6.04 Å². The fraction of sp³-hybridized carbons (Fsp3) is 0.269. The minimum Gasteiger partial charge on any atom is -0.339 e. The van der Waals surface area contributed by atoms with Crippen molar-refractivity contribution in [3.8, 4) is 12.3 Å². The van der Waals surface area contributed by atoms with E-state index in [2.05, 4.69) is 16.2 Å². The van der Waals surface area contributed by atoms with Gasteiger partial charge in [-0.25, -0.2) is 0 Å². The van der Waals surface area contributed by atoms with Gasteiger partial charge in [0.25, 0.3) is 5.91 Å². The summed E-state index contributed by atoms with van der Waals surface area (Å²) in [7, 11) is 0. The third-order valence-corrected chi connectivity index (χ3v) is 6.63. The van der Waals surface area contributed by atoms with Crippen molar-refractivity contribution in [1.29, 1.82) is 0 Å². The second-order valence-electron chi connectivity index (χ2n) is 7.88. The predicted molar refractivity (Wildman–Crippen MR) is 126 cm³/mol. The Morgan fingerprint density at radius 2 is 2.03 bits per heavy atom. The number of thiophene rings is 1. The Labute approximate surface area is 192 Å². The highest BCUT2D eigenvalue weighted by Crippen LogP contribution is 2.31. The molecule has 162 valence electrons. The number of pyridine rings is 1. The molecule has 2 atom stereocenters. The molecular formula is C26H25N3O2S. The van der Waals surface area contributed by atoms with Gasteiger partial charge in [0.05, 0.1) is 10.9 Å². The van der Waals surface area contributed by atoms with Crippen molar-refractivity contribution in [1.82, 2.24) is 15.2 Å². The second-order valence-corrected chi connectivity index (χ2v) is 8.83. The van der Waals surface area contributed by atoms with Crippen molar-refractivity contribution < 1.29 is 9.59 Å². The molecule has 1 aliphatic heterocycles. The van der Waals surface area contributed by atoms with Crippen molar-refractivity contribution in [3.63, 3.8) is 0 Å². The molecule has 0 aliphatic carbocycles. The summed E-state index contributed by atoms with van der Waals surface area (Å²) in [6.45, 7) is 0.666. The molecule has 4 rings (SSSR count). The molecule has 3 aromatic rings. The number of hydrogen-bond acceptors (Lipinski definition) is 4. The van der Waals surface area contributed by atoms with Crippen LogP contribution >= 0.6 is 11.3 Å². The Morgan fingerprint density at radius 1 is 1.19 bits per heavy atom. The van der Waals surface area contributed by atoms with Gasteiger partial charge < -0.3 is 10.2 Å². The number of benzene rings is 1. The van der Waals surface area contributed by atoms with Gasteiger partial charge >= 0.3 is 0 Å². The molecule has 32 heavy (non-hydrogen) atoms. The first-order chi connectivity index (χ1) is 15.7. The summed E-state index contributed by atoms with van der Waals surface area (Å²) in [5.41, 5.74) is 2.76. The fourth-order valence-corrected chi connectivity index (χ4v) is 4.75. The summed E-state index contributed by atoms with van der Waals surface area (Å²) in [6.07, 6.45) is 12.3. The minimum atomic E-state index is -0.668. The third kappa shape index (κ3) is 5.06. The van der Waals surface area contributed by atoms with Crippen LogP contribution in [0.5, 0.6) is 0 Å². The van der Waals surface area contributed by atoms with Gasteiger partial charge in [-0.1, -0.05) is 30.2 Å². The van der Waals surface area contributed by atoms with E-state index >= 15 is 0 Å². The molecule has 2 aromatic heterocycles. The highest BCUT2D eigenvalue weighted by atomic mass is 32.1. The lowest BCUT2D eigenvalue weighted by molar-refractivity contribution is -0.137. The van der Waals surface area contributed by atoms with Crippen LogP contribution in [0, 0.1) is 12.3 Å². The number of hydrogen-bond donors (Lipinski definition) is 1. The molecule has 5 nitrogen and oxygen atoms in total. The van der Waals surface area contributed by atoms with Gasteiger partial charge in [-0.3, -0.25) is 14.6 Å². The van der Waals surface area contributed by atoms with E-state index in [1.54, 1.807) is 12.3 Å². The number of nitrogens with zero attached hydrogens (tertiary/aromatic N) is 2. The van der Waals surface area contributed by atoms with Crippen LogP contribution in [0.4, 0.5) is 0 Å². The number of piperidine rings is 1. The van der Waals surface area contributed by atoms with Gasteiger partial charge in [0.1, 0.15) is 6.04 Å². The summed E-state index contributed by atoms with van der Waals surface area (Å²) >= 11 is 1.36. The molecule has 0 spiro atoms. The lowest BCUT2D eigenvalue weighted by Crippen LogP contribution is -2.51. The van der Waals surface area contributed by atoms with Crippen LogP contribution < -0.4 is 5.32 Å². The van der Waals surface area contributed by atoms with Crippen LogP contribution in [0.3, 0.4) is 0 Å². The van der Waals surface area contributed by atoms with Crippen molar-refractivity contribution in [3.05, 3.63) is 87.9 Å². The van der Waals surface area contributed by atoms with E-state index in [4.69, 9.17) is 6.42 Å². The average molecular weight is 444 g/mol. The number of terminal acetylenes is 1. The van der Waals surface area contributed by atoms with E-state index in [1.807, 2.05) is 58.9 Å². The van der Waals surface area contributed by atoms with Crippen LogP contribution in [-0.4, -0.2) is 34.3 Å². The highest BCUT2D eigenvalue weighted by Gasteiger charge is 2.33. The maximum Gasteiger partial charge on any atom is 0.262 e. The SMILES string of the molecule is C#Cc1ccc(C[C@H](NC(=O)c2cccs2)C(=O)N2CCCC[C@@H]2c2cccnc2)cc1. The molecule has 0 saturated carbocycles. The standard InChI is InChI=1S/C26H25N3O2S/c1-2-19-10-12-20(13-11-19)17-22(28-25(30)24-9-6-16-32-24)26(31)29-15-4-3-8-23(29)21-7-5-14-27-18-21/h1,5-7,9-14,16,18,22-23H,3-4,8,15,17H2,(H,28,30)/t22-,23+/m0/s1. The van der Waals surface area contributed by atoms with Crippen molar-refractivity contribution in [2.75, 3.05) is 6.54 Å². The van der Waals surface area contributed by atoms with E-state index in [-0.39, 0.29) is 17.9 Å². The lowest BCUT2D eigenvalue weighted by atomic mass is 9.94. The average Bonchev–Trinajstić information content (AvgIpc) is 3.39. The molecule has 1 N–H and O–H groups in total. The van der Waals surface area contributed by atoms with Crippen LogP contribution in [0.1, 0.15) is 51.7 Å². The highest BCUT2D eigenvalue weighted by molar-refractivity contribution is 7.12. The lowest BCUT2D eigenvalue weighted by Gasteiger charge is -2.38. The maximum absolute atomic E-state index is 13.8. The van der Waals surface area contributed by atoms with Gasteiger partial charge in [-0.15, -0.1) is 17.8 Å². The van der Waals surface area contributed by atoms with Crippen LogP contribution in [0.25, 0.3) is 0 Å². The summed E-state index contributed by atoms with van der Waals surface area (Å²) in [4.78, 5) is 33.4. The number of rotatable bonds is 6. The molecule has 2 amide bonds. The van der Waals surface area contributed by atoms with E-state index in [0.29, 0.717) is 17.8 Å². The Bertz CT molecular complexity index is 1090. The normalized spacial score (nSPS) is 16.7. The molecule has 6 heteroatoms. The molecule has 3 heterocycles. The summed E-state index contributed by atoms with van der Waals surface area (Å²) in [5.74, 6) is 2.31. The van der Waals surface area contributed by atoms with Crippen LogP contribution in [0.15, 0.2) is 66.3 Å². The quantitative estimate of drug-likeness (QED) is 0.580. The number of carbonyl (C=O) groups excluding carboxylic acids is 2. The molecule has 1 aromatic carbocycles. The Kier molecular flexibility index (Phi) is 6.98. The van der Waals surface area contributed by atoms with Crippen molar-refractivity contribution in [2.45, 2.75) is 37.8 Å². The molecule has 1 saturated heterocycles. The first kappa shape index (κ1) is 21.8. The maximum atomic E-state index is 13.8. The van der Waals surface area contributed by atoms with Gasteiger partial charge in [0, 0.05) is 30.9 Å². The van der Waals surface area contributed by atoms with Gasteiger partial charge in [0.2, 0.25) is 5.91 Å². The number of amides is 2. The van der Waals surface area contributed by atoms with E-state index in [9.17, 15) is 9.59 Å². The molecule has 1 fully saturated rings. The summed E-state index contributed by atoms with van der Waals surface area (Å²) in [6, 6.07) is 14.4. The largest absolute Gasteiger partial charge is 0.339 e. The number of nitrogens with one attached hydrogen (secondary N) is 1. The first-order valence-corrected chi connectivity index (χ1v) is 11.6. The van der Waals surface area contributed by atoms with Crippen molar-refractivity contribution >= 4 is 23.2 Å². The topological polar surface area (TPSA) is 62.3 Å². The molecule has 0 unspecified atom stereocenters. The Morgan fingerprint density at radius 3 is 2.72 bits per heavy atom. The van der Waals surface area contributed by atoms with Gasteiger partial charge in [-0.05, 0) is 60.0 Å². The zero-order valence-corrected chi connectivity index (χ0v) is 18.6. The van der Waals surface area contributed by atoms with Gasteiger partial charge in [0.15, 0.2) is 0 Å². The monoisotopic (exact) mass is 443 g/mol. The molecule has 1 aliphatic rings. The fourth-order valence-electron chi connectivity index (χ4n) is 4.13. The first-order valence-electron chi connectivity index (χ1n) is 10.8. The summed E-state index contributed by atoms with van der Waals surface area (Å²) < 4.78 is 0. The summed E-state index contributed by atoms with van der Waals surface area (Å²) in [5, 5.41) is 4.84. The zero-order valence-electron chi connectivity index (χ0n) is 17.7. The van der Waals surface area contributed by atoms with Gasteiger partial charge in [-0.2, -0.15) is 0 Å². The van der Waals surface area contributed by atoms with E-state index in [0.717, 1.165) is 36.0 Å². The number of likely N-dealkylation sites (tertiary alicyclic amines) is 1. The molecule has 0 radical (unpaired) electrons. The smallest absolute Gasteiger partial charge is 0.262 e. The zero-order chi connectivity index (χ0) is 22.3. The third-order valence-electron chi connectivity index (χ3n) is 5.76. The predicted octanol–water partition coefficient (Wildman–Crippen LogP) is 4.22. The minimum absolute atomic E-state index is 0.0325. The van der Waals surface area contributed by atoms with Crippen LogP contribution in [0.2, 0.25) is 0 Å². The van der Waals surface area contributed by atoms with E-state index in [1.165, 1.54) is 11.3 Å². The number of carbonyl (C=O) groups is 2. The van der Waals surface area contributed by atoms with Crippen LogP contribution in [-0.2, 0) is 11.2 Å². The molecular weight excluding hydrogens is 418 g/mol. The Balaban J connectivity index is 1.60. The number of aromatic nitrogens is 1. The molecule has 0 bridgehead atoms. The Hall–Kier alpha value is -3.43. The van der Waals surface area contributed by atoms with Crippen molar-refractivity contribution in [2.24, 2.45) is 0 Å².